The maximum Gasteiger partial charge on any atom is 0.126 e. The Morgan fingerprint density at radius 3 is 3.00 bits per heavy atom. The van der Waals surface area contributed by atoms with Crippen LogP contribution in [0.1, 0.15) is 24.8 Å². The quantitative estimate of drug-likeness (QED) is 0.820. The molecule has 17 heavy (non-hydrogen) atoms. The van der Waals surface area contributed by atoms with Crippen molar-refractivity contribution in [3.05, 3.63) is 23.9 Å². The molecule has 92 valence electrons. The fraction of sp³-hybridized carbons (Fsp3) is 0.615. The summed E-state index contributed by atoms with van der Waals surface area (Å²) >= 11 is 0. The molecule has 3 heterocycles. The van der Waals surface area contributed by atoms with Gasteiger partial charge in [-0.1, -0.05) is 6.07 Å². The highest BCUT2D eigenvalue weighted by atomic mass is 16.5. The molecule has 1 aromatic rings. The van der Waals surface area contributed by atoms with Gasteiger partial charge in [-0.15, -0.1) is 0 Å². The van der Waals surface area contributed by atoms with Gasteiger partial charge in [0.2, 0.25) is 0 Å². The molecule has 3 rings (SSSR count). The van der Waals surface area contributed by atoms with Crippen molar-refractivity contribution in [2.75, 3.05) is 5.73 Å². The first-order chi connectivity index (χ1) is 8.24. The molecule has 4 unspecified atom stereocenters. The average Bonchev–Trinajstić information content (AvgIpc) is 2.94. The number of nitrogens with zero attached hydrogens (tertiary/aromatic N) is 1. The molecule has 4 atom stereocenters. The van der Waals surface area contributed by atoms with Crippen LogP contribution in [0, 0.1) is 5.92 Å². The molecule has 0 radical (unpaired) electrons. The highest BCUT2D eigenvalue weighted by molar-refractivity contribution is 5.39. The number of hydrogen-bond acceptors (Lipinski definition) is 4. The highest BCUT2D eigenvalue weighted by Gasteiger charge is 2.43. The molecule has 4 nitrogen and oxygen atoms in total. The second kappa shape index (κ2) is 4.27. The third-order valence-corrected chi connectivity index (χ3v) is 4.08. The molecule has 1 aromatic heterocycles. The summed E-state index contributed by atoms with van der Waals surface area (Å²) in [6.45, 7) is 0. The Hall–Kier alpha value is -1.13. The summed E-state index contributed by atoms with van der Waals surface area (Å²) in [5, 5.41) is 0. The number of fused-ring (bicyclic) bond motifs is 2. The molecular formula is C13H19N3O. The van der Waals surface area contributed by atoms with E-state index in [-0.39, 0.29) is 6.04 Å². The van der Waals surface area contributed by atoms with Gasteiger partial charge in [0.15, 0.2) is 0 Å². The number of ether oxygens (including phenoxy) is 1. The number of nitrogen functional groups attached to an aromatic ring is 1. The van der Waals surface area contributed by atoms with Gasteiger partial charge in [0.05, 0.1) is 12.2 Å². The molecule has 2 aliphatic heterocycles. The summed E-state index contributed by atoms with van der Waals surface area (Å²) in [4.78, 5) is 4.10. The number of pyridine rings is 1. The van der Waals surface area contributed by atoms with Crippen LogP contribution in [-0.2, 0) is 11.2 Å². The van der Waals surface area contributed by atoms with Crippen molar-refractivity contribution in [3.8, 4) is 0 Å². The summed E-state index contributed by atoms with van der Waals surface area (Å²) < 4.78 is 5.85. The Bertz CT molecular complexity index is 409. The van der Waals surface area contributed by atoms with Gasteiger partial charge in [0, 0.05) is 18.2 Å². The van der Waals surface area contributed by atoms with Crippen LogP contribution in [0.3, 0.4) is 0 Å². The first-order valence-electron chi connectivity index (χ1n) is 6.34. The molecule has 0 spiro atoms. The Balaban J connectivity index is 1.68. The average molecular weight is 233 g/mol. The summed E-state index contributed by atoms with van der Waals surface area (Å²) in [5.74, 6) is 1.10. The van der Waals surface area contributed by atoms with Crippen LogP contribution in [-0.4, -0.2) is 23.2 Å². The highest BCUT2D eigenvalue weighted by Crippen LogP contribution is 2.40. The molecule has 2 aliphatic rings. The van der Waals surface area contributed by atoms with Gasteiger partial charge in [0.25, 0.3) is 0 Å². The molecule has 0 aromatic carbocycles. The lowest BCUT2D eigenvalue weighted by atomic mass is 9.82. The maximum atomic E-state index is 6.30. The third-order valence-electron chi connectivity index (χ3n) is 4.08. The number of hydrogen-bond donors (Lipinski definition) is 2. The van der Waals surface area contributed by atoms with E-state index in [1.54, 1.807) is 6.20 Å². The SMILES string of the molecule is Nc1ncccc1CC(N)C1CC2CCC1O2. The van der Waals surface area contributed by atoms with E-state index in [2.05, 4.69) is 4.98 Å². The van der Waals surface area contributed by atoms with Crippen LogP contribution >= 0.6 is 0 Å². The van der Waals surface area contributed by atoms with Crippen molar-refractivity contribution in [1.29, 1.82) is 0 Å². The largest absolute Gasteiger partial charge is 0.383 e. The number of nitrogens with two attached hydrogens (primary N) is 2. The number of aromatic nitrogens is 1. The lowest BCUT2D eigenvalue weighted by Gasteiger charge is -2.25. The second-order valence-electron chi connectivity index (χ2n) is 5.19. The molecule has 4 heteroatoms. The monoisotopic (exact) mass is 233 g/mol. The molecule has 4 N–H and O–H groups in total. The maximum absolute atomic E-state index is 6.30. The zero-order valence-corrected chi connectivity index (χ0v) is 9.88. The minimum atomic E-state index is 0.136. The van der Waals surface area contributed by atoms with Crippen molar-refractivity contribution in [2.24, 2.45) is 11.7 Å². The molecule has 0 aliphatic carbocycles. The van der Waals surface area contributed by atoms with Crippen LogP contribution in [0.25, 0.3) is 0 Å². The fourth-order valence-corrected chi connectivity index (χ4v) is 3.16. The topological polar surface area (TPSA) is 74.2 Å². The van der Waals surface area contributed by atoms with Crippen LogP contribution in [0.15, 0.2) is 18.3 Å². The van der Waals surface area contributed by atoms with Gasteiger partial charge >= 0.3 is 0 Å². The van der Waals surface area contributed by atoms with Gasteiger partial charge in [-0.05, 0) is 37.3 Å². The van der Waals surface area contributed by atoms with E-state index in [4.69, 9.17) is 16.2 Å². The lowest BCUT2D eigenvalue weighted by molar-refractivity contribution is 0.0885. The molecule has 0 saturated carbocycles. The number of anilines is 1. The minimum absolute atomic E-state index is 0.136. The first-order valence-corrected chi connectivity index (χ1v) is 6.34. The van der Waals surface area contributed by atoms with E-state index in [0.29, 0.717) is 23.9 Å². The summed E-state index contributed by atoms with van der Waals surface area (Å²) in [7, 11) is 0. The van der Waals surface area contributed by atoms with Crippen LogP contribution in [0.2, 0.25) is 0 Å². The van der Waals surface area contributed by atoms with Crippen molar-refractivity contribution in [2.45, 2.75) is 43.9 Å². The predicted molar refractivity (Wildman–Crippen MR) is 66.3 cm³/mol. The van der Waals surface area contributed by atoms with Crippen molar-refractivity contribution < 1.29 is 4.74 Å². The van der Waals surface area contributed by atoms with E-state index in [1.165, 1.54) is 12.8 Å². The molecule has 0 amide bonds. The van der Waals surface area contributed by atoms with Gasteiger partial charge < -0.3 is 16.2 Å². The normalized spacial score (nSPS) is 32.9. The van der Waals surface area contributed by atoms with Crippen LogP contribution < -0.4 is 11.5 Å². The van der Waals surface area contributed by atoms with E-state index in [0.717, 1.165) is 18.4 Å². The van der Waals surface area contributed by atoms with Crippen LogP contribution in [0.5, 0.6) is 0 Å². The summed E-state index contributed by atoms with van der Waals surface area (Å²) in [5.41, 5.74) is 13.2. The Kier molecular flexibility index (Phi) is 2.76. The van der Waals surface area contributed by atoms with Gasteiger partial charge in [-0.2, -0.15) is 0 Å². The standard InChI is InChI=1S/C13H19N3O/c14-11(6-8-2-1-5-16-13(8)15)10-7-9-3-4-12(10)17-9/h1-2,5,9-12H,3-4,6-7,14H2,(H2,15,16). The molecule has 2 saturated heterocycles. The van der Waals surface area contributed by atoms with Crippen LogP contribution in [0.4, 0.5) is 5.82 Å². The Morgan fingerprint density at radius 1 is 1.47 bits per heavy atom. The van der Waals surface area contributed by atoms with Gasteiger partial charge in [-0.3, -0.25) is 0 Å². The minimum Gasteiger partial charge on any atom is -0.383 e. The molecule has 2 bridgehead atoms. The van der Waals surface area contributed by atoms with Crippen molar-refractivity contribution >= 4 is 5.82 Å². The Labute approximate surface area is 101 Å². The Morgan fingerprint density at radius 2 is 2.35 bits per heavy atom. The van der Waals surface area contributed by atoms with Crippen molar-refractivity contribution in [3.63, 3.8) is 0 Å². The first kappa shape index (κ1) is 11.0. The van der Waals surface area contributed by atoms with Gasteiger partial charge in [-0.25, -0.2) is 4.98 Å². The van der Waals surface area contributed by atoms with E-state index in [9.17, 15) is 0 Å². The fourth-order valence-electron chi connectivity index (χ4n) is 3.16. The third kappa shape index (κ3) is 2.03. The zero-order chi connectivity index (χ0) is 11.8. The summed E-state index contributed by atoms with van der Waals surface area (Å²) in [6, 6.07) is 4.06. The number of rotatable bonds is 3. The van der Waals surface area contributed by atoms with Gasteiger partial charge in [0.1, 0.15) is 5.82 Å². The summed E-state index contributed by atoms with van der Waals surface area (Å²) in [6.07, 6.45) is 6.86. The second-order valence-corrected chi connectivity index (χ2v) is 5.19. The zero-order valence-electron chi connectivity index (χ0n) is 9.88. The van der Waals surface area contributed by atoms with Crippen molar-refractivity contribution in [1.82, 2.24) is 4.98 Å². The predicted octanol–water partition coefficient (Wildman–Crippen LogP) is 1.10. The smallest absolute Gasteiger partial charge is 0.126 e. The molecule has 2 fully saturated rings. The van der Waals surface area contributed by atoms with E-state index < -0.39 is 0 Å². The molecular weight excluding hydrogens is 214 g/mol. The van der Waals surface area contributed by atoms with E-state index >= 15 is 0 Å². The lowest BCUT2D eigenvalue weighted by Crippen LogP contribution is -2.38. The van der Waals surface area contributed by atoms with E-state index in [1.807, 2.05) is 12.1 Å².